The molecule has 5 heteroatoms. The Bertz CT molecular complexity index is 178. The van der Waals surface area contributed by atoms with Crippen LogP contribution >= 0.6 is 27.3 Å². The Hall–Kier alpha value is -0.130. The van der Waals surface area contributed by atoms with Gasteiger partial charge in [0.25, 0.3) is 5.19 Å². The van der Waals surface area contributed by atoms with E-state index in [1.165, 1.54) is 11.3 Å². The van der Waals surface area contributed by atoms with E-state index in [1.807, 2.05) is 0 Å². The molecule has 0 atom stereocenters. The molecule has 0 spiro atoms. The largest absolute Gasteiger partial charge is 0.380 e. The average Bonchev–Trinajstić information content (AvgIpc) is 2.14. The Kier molecular flexibility index (Phi) is 1.82. The number of aromatic nitrogens is 1. The first-order valence-electron chi connectivity index (χ1n) is 1.80. The van der Waals surface area contributed by atoms with Crippen molar-refractivity contribution in [3.63, 3.8) is 0 Å². The lowest BCUT2D eigenvalue weighted by molar-refractivity contribution is 0.332. The van der Waals surface area contributed by atoms with Gasteiger partial charge in [0.1, 0.15) is 4.60 Å². The zero-order valence-electron chi connectivity index (χ0n) is 3.80. The Morgan fingerprint density at radius 2 is 2.62 bits per heavy atom. The smallest absolute Gasteiger partial charge is 0.295 e. The Labute approximate surface area is 58.6 Å². The van der Waals surface area contributed by atoms with Gasteiger partial charge in [-0.05, 0) is 15.9 Å². The molecule has 1 aromatic heterocycles. The summed E-state index contributed by atoms with van der Waals surface area (Å²) < 4.78 is 0.753. The first-order chi connectivity index (χ1) is 3.83. The zero-order valence-corrected chi connectivity index (χ0v) is 6.20. The number of hydrogen-bond donors (Lipinski definition) is 1. The molecule has 0 fully saturated rings. The van der Waals surface area contributed by atoms with Gasteiger partial charge in [0, 0.05) is 5.38 Å². The maximum Gasteiger partial charge on any atom is 0.295 e. The molecule has 2 N–H and O–H groups in total. The Balaban J connectivity index is 2.84. The molecular formula is C3H3BrN2OS. The van der Waals surface area contributed by atoms with Crippen LogP contribution < -0.4 is 10.7 Å². The van der Waals surface area contributed by atoms with Crippen molar-refractivity contribution in [1.82, 2.24) is 4.98 Å². The highest BCUT2D eigenvalue weighted by atomic mass is 79.9. The molecule has 0 amide bonds. The van der Waals surface area contributed by atoms with E-state index in [0.717, 1.165) is 4.60 Å². The van der Waals surface area contributed by atoms with Crippen LogP contribution in [0.5, 0.6) is 5.19 Å². The van der Waals surface area contributed by atoms with Crippen LogP contribution in [0, 0.1) is 0 Å². The van der Waals surface area contributed by atoms with Crippen molar-refractivity contribution in [2.75, 3.05) is 0 Å². The first kappa shape index (κ1) is 6.00. The molecule has 0 aliphatic rings. The molecule has 0 bridgehead atoms. The lowest BCUT2D eigenvalue weighted by Gasteiger charge is -1.83. The van der Waals surface area contributed by atoms with Gasteiger partial charge in [-0.3, -0.25) is 0 Å². The third kappa shape index (κ3) is 1.18. The van der Waals surface area contributed by atoms with Crippen molar-refractivity contribution in [3.8, 4) is 5.19 Å². The van der Waals surface area contributed by atoms with Crippen molar-refractivity contribution in [2.24, 2.45) is 5.90 Å². The molecule has 1 aromatic rings. The van der Waals surface area contributed by atoms with Crippen molar-refractivity contribution < 1.29 is 4.84 Å². The summed E-state index contributed by atoms with van der Waals surface area (Å²) in [6.45, 7) is 0. The lowest BCUT2D eigenvalue weighted by atomic mass is 11.0. The summed E-state index contributed by atoms with van der Waals surface area (Å²) in [6.07, 6.45) is 0. The monoisotopic (exact) mass is 194 g/mol. The van der Waals surface area contributed by atoms with E-state index in [2.05, 4.69) is 25.8 Å². The van der Waals surface area contributed by atoms with Crippen molar-refractivity contribution in [1.29, 1.82) is 0 Å². The van der Waals surface area contributed by atoms with Gasteiger partial charge in [0.2, 0.25) is 0 Å². The average molecular weight is 195 g/mol. The molecule has 0 aliphatic carbocycles. The van der Waals surface area contributed by atoms with Crippen LogP contribution in [0.15, 0.2) is 9.98 Å². The predicted molar refractivity (Wildman–Crippen MR) is 34.6 cm³/mol. The van der Waals surface area contributed by atoms with Crippen LogP contribution in [-0.4, -0.2) is 4.98 Å². The van der Waals surface area contributed by atoms with Crippen LogP contribution in [0.3, 0.4) is 0 Å². The second-order valence-corrected chi connectivity index (χ2v) is 2.69. The summed E-state index contributed by atoms with van der Waals surface area (Å²) in [4.78, 5) is 8.13. The zero-order chi connectivity index (χ0) is 5.98. The van der Waals surface area contributed by atoms with Crippen molar-refractivity contribution in [2.45, 2.75) is 0 Å². The number of rotatable bonds is 1. The summed E-state index contributed by atoms with van der Waals surface area (Å²) in [5.41, 5.74) is 0. The number of nitrogens with zero attached hydrogens (tertiary/aromatic N) is 1. The maximum atomic E-state index is 4.79. The fourth-order valence-electron chi connectivity index (χ4n) is 0.293. The normalized spacial score (nSPS) is 9.25. The number of nitrogens with two attached hydrogens (primary N) is 1. The van der Waals surface area contributed by atoms with Gasteiger partial charge in [-0.2, -0.15) is 10.9 Å². The highest BCUT2D eigenvalue weighted by Crippen LogP contribution is 2.19. The molecule has 8 heavy (non-hydrogen) atoms. The van der Waals surface area contributed by atoms with Gasteiger partial charge in [-0.1, -0.05) is 11.3 Å². The van der Waals surface area contributed by atoms with E-state index in [9.17, 15) is 0 Å². The minimum absolute atomic E-state index is 0.469. The van der Waals surface area contributed by atoms with Crippen LogP contribution in [0.2, 0.25) is 0 Å². The minimum Gasteiger partial charge on any atom is -0.380 e. The highest BCUT2D eigenvalue weighted by molar-refractivity contribution is 9.10. The van der Waals surface area contributed by atoms with Gasteiger partial charge in [0.05, 0.1) is 0 Å². The van der Waals surface area contributed by atoms with Gasteiger partial charge >= 0.3 is 0 Å². The highest BCUT2D eigenvalue weighted by Gasteiger charge is 1.95. The summed E-state index contributed by atoms with van der Waals surface area (Å²) in [5.74, 6) is 4.79. The van der Waals surface area contributed by atoms with Gasteiger partial charge in [-0.25, -0.2) is 0 Å². The molecule has 1 heterocycles. The van der Waals surface area contributed by atoms with Crippen molar-refractivity contribution >= 4 is 27.3 Å². The van der Waals surface area contributed by atoms with E-state index in [1.54, 1.807) is 5.38 Å². The molecule has 0 radical (unpaired) electrons. The molecule has 0 aromatic carbocycles. The van der Waals surface area contributed by atoms with E-state index in [-0.39, 0.29) is 0 Å². The van der Waals surface area contributed by atoms with E-state index in [0.29, 0.717) is 5.19 Å². The van der Waals surface area contributed by atoms with Gasteiger partial charge in [-0.15, -0.1) is 0 Å². The predicted octanol–water partition coefficient (Wildman–Crippen LogP) is 1.16. The maximum absolute atomic E-state index is 4.79. The third-order valence-electron chi connectivity index (χ3n) is 0.556. The summed E-state index contributed by atoms with van der Waals surface area (Å²) in [5, 5.41) is 2.26. The Morgan fingerprint density at radius 1 is 1.88 bits per heavy atom. The van der Waals surface area contributed by atoms with E-state index in [4.69, 9.17) is 5.90 Å². The summed E-state index contributed by atoms with van der Waals surface area (Å²) in [7, 11) is 0. The molecule has 3 nitrogen and oxygen atoms in total. The van der Waals surface area contributed by atoms with Gasteiger partial charge < -0.3 is 4.84 Å². The topological polar surface area (TPSA) is 48.1 Å². The third-order valence-corrected chi connectivity index (χ3v) is 2.00. The lowest BCUT2D eigenvalue weighted by Crippen LogP contribution is -2.00. The van der Waals surface area contributed by atoms with Gasteiger partial charge in [0.15, 0.2) is 0 Å². The molecular weight excluding hydrogens is 192 g/mol. The quantitative estimate of drug-likeness (QED) is 0.684. The number of thiazole rings is 1. The first-order valence-corrected chi connectivity index (χ1v) is 3.48. The molecule has 44 valence electrons. The van der Waals surface area contributed by atoms with Crippen LogP contribution in [-0.2, 0) is 0 Å². The van der Waals surface area contributed by atoms with Crippen LogP contribution in [0.25, 0.3) is 0 Å². The number of halogens is 1. The summed E-state index contributed by atoms with van der Waals surface area (Å²) >= 11 is 4.48. The second-order valence-electron chi connectivity index (χ2n) is 1.05. The van der Waals surface area contributed by atoms with Crippen LogP contribution in [0.1, 0.15) is 0 Å². The molecule has 0 aliphatic heterocycles. The molecule has 0 saturated heterocycles. The second kappa shape index (κ2) is 2.43. The summed E-state index contributed by atoms with van der Waals surface area (Å²) in [6, 6.07) is 0. The van der Waals surface area contributed by atoms with E-state index < -0.39 is 0 Å². The SMILES string of the molecule is NOc1nc(Br)cs1. The minimum atomic E-state index is 0.469. The number of hydrogen-bond acceptors (Lipinski definition) is 4. The van der Waals surface area contributed by atoms with Crippen LogP contribution in [0.4, 0.5) is 0 Å². The molecule has 0 unspecified atom stereocenters. The Morgan fingerprint density at radius 3 is 2.88 bits per heavy atom. The molecule has 1 rings (SSSR count). The standard InChI is InChI=1S/C3H3BrN2OS/c4-2-1-8-3(6-2)7-5/h1H,5H2. The van der Waals surface area contributed by atoms with E-state index >= 15 is 0 Å². The fraction of sp³-hybridized carbons (Fsp3) is 0. The fourth-order valence-corrected chi connectivity index (χ4v) is 1.31. The van der Waals surface area contributed by atoms with Crippen molar-refractivity contribution in [3.05, 3.63) is 9.98 Å². The molecule has 0 saturated carbocycles.